The van der Waals surface area contributed by atoms with Gasteiger partial charge in [0.1, 0.15) is 0 Å². The summed E-state index contributed by atoms with van der Waals surface area (Å²) in [4.78, 5) is 14.5. The van der Waals surface area contributed by atoms with Crippen molar-refractivity contribution in [2.45, 2.75) is 57.0 Å². The molecule has 3 rings (SSSR count). The maximum Gasteiger partial charge on any atom is 0.237 e. The largest absolute Gasteiger partial charge is 0.368 e. The number of carbonyl (C=O) groups is 1. The van der Waals surface area contributed by atoms with Gasteiger partial charge in [-0.3, -0.25) is 9.69 Å². The fourth-order valence-corrected chi connectivity index (χ4v) is 4.71. The lowest BCUT2D eigenvalue weighted by atomic mass is 9.96. The molecule has 4 unspecified atom stereocenters. The Bertz CT molecular complexity index is 347. The van der Waals surface area contributed by atoms with Crippen molar-refractivity contribution in [3.8, 4) is 0 Å². The molecule has 1 saturated heterocycles. The van der Waals surface area contributed by atoms with Crippen LogP contribution in [0.3, 0.4) is 0 Å². The van der Waals surface area contributed by atoms with Crippen molar-refractivity contribution in [1.82, 2.24) is 10.2 Å². The van der Waals surface area contributed by atoms with E-state index in [1.54, 1.807) is 0 Å². The van der Waals surface area contributed by atoms with Crippen molar-refractivity contribution >= 4 is 5.91 Å². The third kappa shape index (κ3) is 2.29. The highest BCUT2D eigenvalue weighted by Crippen LogP contribution is 2.42. The average molecular weight is 265 g/mol. The van der Waals surface area contributed by atoms with Crippen LogP contribution in [0.1, 0.15) is 45.4 Å². The fraction of sp³-hybridized carbons (Fsp3) is 0.933. The Morgan fingerprint density at radius 1 is 1.32 bits per heavy atom. The number of nitrogens with two attached hydrogens (primary N) is 1. The minimum absolute atomic E-state index is 0.156. The van der Waals surface area contributed by atoms with Crippen molar-refractivity contribution in [1.29, 1.82) is 0 Å². The molecule has 4 nitrogen and oxygen atoms in total. The number of hydrogen-bond donors (Lipinski definition) is 2. The van der Waals surface area contributed by atoms with Gasteiger partial charge in [0.25, 0.3) is 0 Å². The van der Waals surface area contributed by atoms with E-state index in [1.807, 2.05) is 0 Å². The van der Waals surface area contributed by atoms with Crippen molar-refractivity contribution in [3.05, 3.63) is 0 Å². The van der Waals surface area contributed by atoms with Crippen LogP contribution in [0.15, 0.2) is 0 Å². The molecule has 3 aliphatic rings. The maximum atomic E-state index is 11.8. The summed E-state index contributed by atoms with van der Waals surface area (Å²) in [5.41, 5.74) is 5.22. The number of fused-ring (bicyclic) bond motifs is 1. The number of carbonyl (C=O) groups excluding carboxylic acids is 1. The summed E-state index contributed by atoms with van der Waals surface area (Å²) in [6.07, 6.45) is 7.21. The van der Waals surface area contributed by atoms with Gasteiger partial charge in [0.15, 0.2) is 0 Å². The highest BCUT2D eigenvalue weighted by Gasteiger charge is 2.47. The highest BCUT2D eigenvalue weighted by molar-refractivity contribution is 5.85. The maximum absolute atomic E-state index is 11.8. The van der Waals surface area contributed by atoms with Crippen molar-refractivity contribution in [2.75, 3.05) is 19.6 Å². The van der Waals surface area contributed by atoms with E-state index < -0.39 is 5.54 Å². The summed E-state index contributed by atoms with van der Waals surface area (Å²) in [6.45, 7) is 5.39. The first-order chi connectivity index (χ1) is 9.14. The van der Waals surface area contributed by atoms with E-state index in [9.17, 15) is 4.79 Å². The molecule has 0 spiro atoms. The topological polar surface area (TPSA) is 58.4 Å². The number of likely N-dealkylation sites (N-methyl/N-ethyl adjacent to an activating group) is 1. The van der Waals surface area contributed by atoms with Crippen molar-refractivity contribution in [3.63, 3.8) is 0 Å². The molecule has 3 fully saturated rings. The molecular weight excluding hydrogens is 238 g/mol. The Balaban J connectivity index is 1.64. The fourth-order valence-electron chi connectivity index (χ4n) is 4.71. The van der Waals surface area contributed by atoms with E-state index in [4.69, 9.17) is 5.73 Å². The Morgan fingerprint density at radius 2 is 2.00 bits per heavy atom. The van der Waals surface area contributed by atoms with Gasteiger partial charge in [0.05, 0.1) is 5.54 Å². The molecule has 4 atom stereocenters. The quantitative estimate of drug-likeness (QED) is 0.800. The zero-order chi connectivity index (χ0) is 13.5. The first-order valence-corrected chi connectivity index (χ1v) is 7.93. The summed E-state index contributed by atoms with van der Waals surface area (Å²) in [6, 6.07) is 0.567. The minimum Gasteiger partial charge on any atom is -0.368 e. The van der Waals surface area contributed by atoms with Crippen LogP contribution in [-0.4, -0.2) is 42.0 Å². The predicted molar refractivity (Wildman–Crippen MR) is 75.6 cm³/mol. The average Bonchev–Trinajstić information content (AvgIpc) is 3.00. The molecule has 1 amide bonds. The molecule has 1 heterocycles. The monoisotopic (exact) mass is 265 g/mol. The van der Waals surface area contributed by atoms with E-state index in [0.717, 1.165) is 37.6 Å². The molecule has 2 saturated carbocycles. The van der Waals surface area contributed by atoms with Gasteiger partial charge in [0, 0.05) is 19.1 Å². The molecule has 0 aromatic carbocycles. The van der Waals surface area contributed by atoms with Crippen LogP contribution >= 0.6 is 0 Å². The molecule has 4 heteroatoms. The summed E-state index contributed by atoms with van der Waals surface area (Å²) < 4.78 is 0. The van der Waals surface area contributed by atoms with Crippen LogP contribution in [-0.2, 0) is 4.79 Å². The van der Waals surface area contributed by atoms with Gasteiger partial charge >= 0.3 is 0 Å². The first kappa shape index (κ1) is 13.4. The van der Waals surface area contributed by atoms with Gasteiger partial charge in [-0.05, 0) is 50.5 Å². The lowest BCUT2D eigenvalue weighted by Crippen LogP contribution is -2.54. The summed E-state index contributed by atoms with van der Waals surface area (Å²) in [5.74, 6) is 1.71. The van der Waals surface area contributed by atoms with E-state index in [0.29, 0.717) is 6.04 Å². The van der Waals surface area contributed by atoms with E-state index in [2.05, 4.69) is 17.1 Å². The zero-order valence-corrected chi connectivity index (χ0v) is 12.0. The lowest BCUT2D eigenvalue weighted by molar-refractivity contribution is -0.124. The van der Waals surface area contributed by atoms with Gasteiger partial charge < -0.3 is 11.1 Å². The van der Waals surface area contributed by atoms with Crippen LogP contribution in [0.4, 0.5) is 0 Å². The van der Waals surface area contributed by atoms with E-state index in [1.165, 1.54) is 32.4 Å². The van der Waals surface area contributed by atoms with Crippen LogP contribution in [0.2, 0.25) is 0 Å². The Kier molecular flexibility index (Phi) is 3.56. The predicted octanol–water partition coefficient (Wildman–Crippen LogP) is 1.10. The number of hydrogen-bond acceptors (Lipinski definition) is 3. The second-order valence-electron chi connectivity index (χ2n) is 6.78. The van der Waals surface area contributed by atoms with Crippen LogP contribution in [0.25, 0.3) is 0 Å². The molecule has 1 aliphatic heterocycles. The number of likely N-dealkylation sites (tertiary alicyclic amines) is 1. The Hall–Kier alpha value is -0.610. The van der Waals surface area contributed by atoms with Gasteiger partial charge in [0.2, 0.25) is 5.91 Å². The Labute approximate surface area is 116 Å². The Morgan fingerprint density at radius 3 is 2.58 bits per heavy atom. The molecule has 2 aliphatic carbocycles. The zero-order valence-electron chi connectivity index (χ0n) is 12.0. The number of amides is 1. The van der Waals surface area contributed by atoms with Crippen LogP contribution in [0.5, 0.6) is 0 Å². The van der Waals surface area contributed by atoms with Crippen molar-refractivity contribution < 1.29 is 4.79 Å². The molecular formula is C15H27N3O. The standard InChI is InChI=1S/C15H27N3O/c1-2-17-15(14(16)19)7-6-13(8-15)18-9-11-4-3-5-12(11)10-18/h11-13,17H,2-10H2,1H3,(H2,16,19). The first-order valence-electron chi connectivity index (χ1n) is 7.93. The molecule has 108 valence electrons. The molecule has 3 N–H and O–H groups in total. The summed E-state index contributed by atoms with van der Waals surface area (Å²) >= 11 is 0. The SMILES string of the molecule is CCNC1(C(N)=O)CCC(N2CC3CCCC3C2)C1. The van der Waals surface area contributed by atoms with E-state index >= 15 is 0 Å². The normalized spacial score (nSPS) is 42.7. The molecule has 0 aromatic rings. The number of nitrogens with one attached hydrogen (secondary N) is 1. The van der Waals surface area contributed by atoms with Gasteiger partial charge in [-0.15, -0.1) is 0 Å². The minimum atomic E-state index is -0.433. The highest BCUT2D eigenvalue weighted by atomic mass is 16.1. The second-order valence-corrected chi connectivity index (χ2v) is 6.78. The molecule has 0 radical (unpaired) electrons. The number of nitrogens with zero attached hydrogens (tertiary/aromatic N) is 1. The molecule has 0 bridgehead atoms. The smallest absolute Gasteiger partial charge is 0.237 e. The number of primary amides is 1. The summed E-state index contributed by atoms with van der Waals surface area (Å²) in [7, 11) is 0. The molecule has 19 heavy (non-hydrogen) atoms. The summed E-state index contributed by atoms with van der Waals surface area (Å²) in [5, 5.41) is 3.36. The van der Waals surface area contributed by atoms with Crippen molar-refractivity contribution in [2.24, 2.45) is 17.6 Å². The van der Waals surface area contributed by atoms with Gasteiger partial charge in [-0.25, -0.2) is 0 Å². The third-order valence-electron chi connectivity index (χ3n) is 5.75. The second kappa shape index (κ2) is 5.06. The van der Waals surface area contributed by atoms with E-state index in [-0.39, 0.29) is 5.91 Å². The van der Waals surface area contributed by atoms with Gasteiger partial charge in [-0.2, -0.15) is 0 Å². The van der Waals surface area contributed by atoms with Crippen LogP contribution in [0, 0.1) is 11.8 Å². The number of rotatable bonds is 4. The lowest BCUT2D eigenvalue weighted by Gasteiger charge is -2.29. The third-order valence-corrected chi connectivity index (χ3v) is 5.75. The molecule has 0 aromatic heterocycles. The van der Waals surface area contributed by atoms with Gasteiger partial charge in [-0.1, -0.05) is 13.3 Å². The van der Waals surface area contributed by atoms with Crippen LogP contribution < -0.4 is 11.1 Å².